The number of imidazole rings is 1. The predicted molar refractivity (Wildman–Crippen MR) is 73.0 cm³/mol. The van der Waals surface area contributed by atoms with Crippen LogP contribution in [0.5, 0.6) is 0 Å². The molecule has 1 aromatic carbocycles. The molecule has 5 heteroatoms. The molecular weight excluding hydrogens is 243 g/mol. The Labute approximate surface area is 109 Å². The zero-order valence-corrected chi connectivity index (χ0v) is 10.5. The molecule has 0 aliphatic carbocycles. The van der Waals surface area contributed by atoms with Crippen molar-refractivity contribution >= 4 is 16.9 Å². The number of halogens is 1. The predicted octanol–water partition coefficient (Wildman–Crippen LogP) is 2.84. The number of aromatic nitrogens is 3. The molecule has 96 valence electrons. The van der Waals surface area contributed by atoms with Crippen LogP contribution in [0.15, 0.2) is 36.4 Å². The van der Waals surface area contributed by atoms with Gasteiger partial charge in [-0.25, -0.2) is 14.4 Å². The molecule has 2 heterocycles. The average molecular weight is 256 g/mol. The Morgan fingerprint density at radius 3 is 2.79 bits per heavy atom. The van der Waals surface area contributed by atoms with E-state index in [-0.39, 0.29) is 5.82 Å². The van der Waals surface area contributed by atoms with E-state index in [1.54, 1.807) is 12.1 Å². The highest BCUT2D eigenvalue weighted by Gasteiger charge is 2.13. The van der Waals surface area contributed by atoms with E-state index < -0.39 is 0 Å². The normalized spacial score (nSPS) is 11.1. The van der Waals surface area contributed by atoms with Gasteiger partial charge in [-0.2, -0.15) is 0 Å². The van der Waals surface area contributed by atoms with Gasteiger partial charge in [0, 0.05) is 12.6 Å². The van der Waals surface area contributed by atoms with Crippen LogP contribution in [0.1, 0.15) is 6.92 Å². The lowest BCUT2D eigenvalue weighted by Crippen LogP contribution is -2.00. The second-order valence-electron chi connectivity index (χ2n) is 4.26. The van der Waals surface area contributed by atoms with Crippen LogP contribution in [-0.2, 0) is 6.54 Å². The first-order chi connectivity index (χ1) is 9.19. The van der Waals surface area contributed by atoms with Gasteiger partial charge in [0.25, 0.3) is 0 Å². The zero-order valence-electron chi connectivity index (χ0n) is 10.5. The van der Waals surface area contributed by atoms with Crippen molar-refractivity contribution < 1.29 is 4.39 Å². The van der Waals surface area contributed by atoms with Gasteiger partial charge >= 0.3 is 0 Å². The molecule has 0 radical (unpaired) electrons. The number of nitrogens with two attached hydrogens (primary N) is 1. The van der Waals surface area contributed by atoms with E-state index in [2.05, 4.69) is 9.97 Å². The molecule has 0 spiro atoms. The van der Waals surface area contributed by atoms with E-state index in [0.717, 1.165) is 12.1 Å². The van der Waals surface area contributed by atoms with Gasteiger partial charge in [-0.1, -0.05) is 6.07 Å². The van der Waals surface area contributed by atoms with Gasteiger partial charge in [-0.3, -0.25) is 0 Å². The lowest BCUT2D eigenvalue weighted by Gasteiger charge is -2.05. The summed E-state index contributed by atoms with van der Waals surface area (Å²) in [5, 5.41) is 0. The highest BCUT2D eigenvalue weighted by molar-refractivity contribution is 5.80. The van der Waals surface area contributed by atoms with E-state index in [9.17, 15) is 4.39 Å². The first-order valence-corrected chi connectivity index (χ1v) is 6.07. The SMILES string of the molecule is CCn1c(-c2cccc(N)n2)nc2cc(F)ccc21. The number of fused-ring (bicyclic) bond motifs is 1. The average Bonchev–Trinajstić information content (AvgIpc) is 2.76. The van der Waals surface area contributed by atoms with E-state index in [1.807, 2.05) is 23.6 Å². The minimum absolute atomic E-state index is 0.291. The fourth-order valence-electron chi connectivity index (χ4n) is 2.19. The van der Waals surface area contributed by atoms with Crippen molar-refractivity contribution in [1.29, 1.82) is 0 Å². The molecule has 3 rings (SSSR count). The van der Waals surface area contributed by atoms with Crippen molar-refractivity contribution in [1.82, 2.24) is 14.5 Å². The Morgan fingerprint density at radius 1 is 1.21 bits per heavy atom. The maximum atomic E-state index is 13.3. The van der Waals surface area contributed by atoms with Gasteiger partial charge in [0.2, 0.25) is 0 Å². The number of rotatable bonds is 2. The summed E-state index contributed by atoms with van der Waals surface area (Å²) in [4.78, 5) is 8.73. The van der Waals surface area contributed by atoms with Crippen LogP contribution in [0.3, 0.4) is 0 Å². The van der Waals surface area contributed by atoms with Gasteiger partial charge < -0.3 is 10.3 Å². The molecule has 2 aromatic heterocycles. The van der Waals surface area contributed by atoms with Crippen molar-refractivity contribution in [3.05, 3.63) is 42.2 Å². The van der Waals surface area contributed by atoms with E-state index in [0.29, 0.717) is 22.9 Å². The van der Waals surface area contributed by atoms with Crippen molar-refractivity contribution in [3.63, 3.8) is 0 Å². The molecule has 0 amide bonds. The van der Waals surface area contributed by atoms with E-state index in [1.165, 1.54) is 12.1 Å². The first-order valence-electron chi connectivity index (χ1n) is 6.07. The minimum Gasteiger partial charge on any atom is -0.384 e. The van der Waals surface area contributed by atoms with Crippen molar-refractivity contribution in [3.8, 4) is 11.5 Å². The summed E-state index contributed by atoms with van der Waals surface area (Å²) in [6.07, 6.45) is 0. The number of hydrogen-bond acceptors (Lipinski definition) is 3. The van der Waals surface area contributed by atoms with E-state index in [4.69, 9.17) is 5.73 Å². The van der Waals surface area contributed by atoms with Crippen LogP contribution in [0, 0.1) is 5.82 Å². The van der Waals surface area contributed by atoms with Crippen LogP contribution in [0.4, 0.5) is 10.2 Å². The fraction of sp³-hybridized carbons (Fsp3) is 0.143. The van der Waals surface area contributed by atoms with Gasteiger partial charge in [-0.15, -0.1) is 0 Å². The van der Waals surface area contributed by atoms with Crippen LogP contribution in [0.2, 0.25) is 0 Å². The summed E-state index contributed by atoms with van der Waals surface area (Å²) in [6.45, 7) is 2.74. The second kappa shape index (κ2) is 4.35. The lowest BCUT2D eigenvalue weighted by atomic mass is 10.3. The standard InChI is InChI=1S/C14H13FN4/c1-2-19-12-7-6-9(15)8-11(12)18-14(19)10-4-3-5-13(16)17-10/h3-8H,2H2,1H3,(H2,16,17). The number of benzene rings is 1. The quantitative estimate of drug-likeness (QED) is 0.767. The molecule has 0 atom stereocenters. The molecule has 3 aromatic rings. The van der Waals surface area contributed by atoms with Crippen LogP contribution in [0.25, 0.3) is 22.6 Å². The van der Waals surface area contributed by atoms with Gasteiger partial charge in [-0.05, 0) is 31.2 Å². The van der Waals surface area contributed by atoms with Crippen LogP contribution >= 0.6 is 0 Å². The molecule has 4 nitrogen and oxygen atoms in total. The highest BCUT2D eigenvalue weighted by atomic mass is 19.1. The van der Waals surface area contributed by atoms with Crippen molar-refractivity contribution in [2.24, 2.45) is 0 Å². The molecule has 0 saturated heterocycles. The Bertz CT molecular complexity index is 748. The largest absolute Gasteiger partial charge is 0.384 e. The summed E-state index contributed by atoms with van der Waals surface area (Å²) >= 11 is 0. The number of aryl methyl sites for hydroxylation is 1. The number of anilines is 1. The summed E-state index contributed by atoms with van der Waals surface area (Å²) in [5.74, 6) is 0.856. The van der Waals surface area contributed by atoms with Gasteiger partial charge in [0.05, 0.1) is 11.0 Å². The Kier molecular flexibility index (Phi) is 2.67. The number of nitrogen functional groups attached to an aromatic ring is 1. The lowest BCUT2D eigenvalue weighted by molar-refractivity contribution is 0.629. The number of nitrogens with zero attached hydrogens (tertiary/aromatic N) is 3. The third-order valence-electron chi connectivity index (χ3n) is 3.03. The molecule has 0 aliphatic heterocycles. The Hall–Kier alpha value is -2.43. The topological polar surface area (TPSA) is 56.7 Å². The van der Waals surface area contributed by atoms with Crippen LogP contribution < -0.4 is 5.73 Å². The number of pyridine rings is 1. The monoisotopic (exact) mass is 256 g/mol. The molecule has 0 unspecified atom stereocenters. The van der Waals surface area contributed by atoms with Crippen molar-refractivity contribution in [2.45, 2.75) is 13.5 Å². The fourth-order valence-corrected chi connectivity index (χ4v) is 2.19. The third-order valence-corrected chi connectivity index (χ3v) is 3.03. The minimum atomic E-state index is -0.291. The summed E-state index contributed by atoms with van der Waals surface area (Å²) in [7, 11) is 0. The molecular formula is C14H13FN4. The molecule has 0 fully saturated rings. The molecule has 0 saturated carbocycles. The van der Waals surface area contributed by atoms with Gasteiger partial charge in [0.15, 0.2) is 5.82 Å². The summed E-state index contributed by atoms with van der Waals surface area (Å²) in [6, 6.07) is 10.0. The maximum Gasteiger partial charge on any atom is 0.159 e. The van der Waals surface area contributed by atoms with Gasteiger partial charge in [0.1, 0.15) is 17.3 Å². The van der Waals surface area contributed by atoms with Crippen LogP contribution in [-0.4, -0.2) is 14.5 Å². The zero-order chi connectivity index (χ0) is 13.4. The second-order valence-corrected chi connectivity index (χ2v) is 4.26. The molecule has 19 heavy (non-hydrogen) atoms. The smallest absolute Gasteiger partial charge is 0.159 e. The Morgan fingerprint density at radius 2 is 2.05 bits per heavy atom. The molecule has 0 aliphatic rings. The summed E-state index contributed by atoms with van der Waals surface area (Å²) in [5.41, 5.74) is 7.91. The third kappa shape index (κ3) is 1.93. The molecule has 2 N–H and O–H groups in total. The highest BCUT2D eigenvalue weighted by Crippen LogP contribution is 2.24. The Balaban J connectivity index is 2.28. The maximum absolute atomic E-state index is 13.3. The first kappa shape index (κ1) is 11.6. The van der Waals surface area contributed by atoms with E-state index >= 15 is 0 Å². The number of hydrogen-bond donors (Lipinski definition) is 1. The molecule has 0 bridgehead atoms. The van der Waals surface area contributed by atoms with Crippen molar-refractivity contribution in [2.75, 3.05) is 5.73 Å². The summed E-state index contributed by atoms with van der Waals surface area (Å²) < 4.78 is 15.3.